The van der Waals surface area contributed by atoms with Crippen molar-refractivity contribution >= 4 is 18.3 Å². The number of benzene rings is 1. The van der Waals surface area contributed by atoms with Crippen LogP contribution in [0.25, 0.3) is 0 Å². The van der Waals surface area contributed by atoms with Gasteiger partial charge >= 0.3 is 0 Å². The standard InChI is InChI=1S/C18H28N2O4.ClH/c1-3-22-8-9-24-17-10-14(2)4-5-15(17)12-20-18(21)11-16-13-23-7-6-19-16;/h4-5,10,16,19H,3,6-9,11-13H2,1-2H3,(H,20,21);1H. The Hall–Kier alpha value is -1.34. The van der Waals surface area contributed by atoms with Crippen LogP contribution < -0.4 is 15.4 Å². The molecule has 1 amide bonds. The van der Waals surface area contributed by atoms with Crippen molar-refractivity contribution in [2.24, 2.45) is 0 Å². The molecule has 1 saturated heterocycles. The number of amides is 1. The van der Waals surface area contributed by atoms with Gasteiger partial charge in [-0.15, -0.1) is 12.4 Å². The fraction of sp³-hybridized carbons (Fsp3) is 0.611. The van der Waals surface area contributed by atoms with Gasteiger partial charge in [0, 0.05) is 37.7 Å². The number of hydrogen-bond acceptors (Lipinski definition) is 5. The zero-order chi connectivity index (χ0) is 17.2. The van der Waals surface area contributed by atoms with Gasteiger partial charge in [0.25, 0.3) is 0 Å². The maximum atomic E-state index is 12.1. The van der Waals surface area contributed by atoms with Gasteiger partial charge in [-0.25, -0.2) is 0 Å². The van der Waals surface area contributed by atoms with Gasteiger partial charge in [0.2, 0.25) is 5.91 Å². The average Bonchev–Trinajstić information content (AvgIpc) is 2.59. The summed E-state index contributed by atoms with van der Waals surface area (Å²) in [6, 6.07) is 6.10. The molecule has 0 aromatic heterocycles. The van der Waals surface area contributed by atoms with E-state index in [2.05, 4.69) is 10.6 Å². The molecule has 1 heterocycles. The monoisotopic (exact) mass is 372 g/mol. The van der Waals surface area contributed by atoms with Crippen molar-refractivity contribution in [3.05, 3.63) is 29.3 Å². The molecule has 1 aromatic carbocycles. The van der Waals surface area contributed by atoms with Crippen molar-refractivity contribution in [3.8, 4) is 5.75 Å². The van der Waals surface area contributed by atoms with Gasteiger partial charge in [-0.1, -0.05) is 12.1 Å². The van der Waals surface area contributed by atoms with Crippen molar-refractivity contribution in [1.82, 2.24) is 10.6 Å². The molecule has 0 aliphatic carbocycles. The van der Waals surface area contributed by atoms with Gasteiger partial charge in [0.15, 0.2) is 0 Å². The summed E-state index contributed by atoms with van der Waals surface area (Å²) < 4.78 is 16.5. The minimum Gasteiger partial charge on any atom is -0.491 e. The molecule has 1 aliphatic heterocycles. The summed E-state index contributed by atoms with van der Waals surface area (Å²) in [4.78, 5) is 12.1. The van der Waals surface area contributed by atoms with E-state index in [0.717, 1.165) is 23.4 Å². The molecule has 0 saturated carbocycles. The van der Waals surface area contributed by atoms with E-state index in [0.29, 0.717) is 46.0 Å². The summed E-state index contributed by atoms with van der Waals surface area (Å²) in [5.74, 6) is 0.813. The van der Waals surface area contributed by atoms with E-state index in [1.807, 2.05) is 32.0 Å². The Morgan fingerprint density at radius 1 is 1.40 bits per heavy atom. The quantitative estimate of drug-likeness (QED) is 0.647. The van der Waals surface area contributed by atoms with Crippen LogP contribution in [0, 0.1) is 6.92 Å². The largest absolute Gasteiger partial charge is 0.491 e. The maximum absolute atomic E-state index is 12.1. The highest BCUT2D eigenvalue weighted by atomic mass is 35.5. The zero-order valence-electron chi connectivity index (χ0n) is 15.0. The molecule has 7 heteroatoms. The number of halogens is 1. The normalized spacial score (nSPS) is 16.8. The van der Waals surface area contributed by atoms with E-state index in [4.69, 9.17) is 14.2 Å². The highest BCUT2D eigenvalue weighted by Crippen LogP contribution is 2.20. The average molecular weight is 373 g/mol. The fourth-order valence-corrected chi connectivity index (χ4v) is 2.54. The first-order valence-electron chi connectivity index (χ1n) is 8.57. The van der Waals surface area contributed by atoms with Gasteiger partial charge < -0.3 is 24.8 Å². The Labute approximate surface area is 156 Å². The van der Waals surface area contributed by atoms with Crippen LogP contribution in [0.4, 0.5) is 0 Å². The van der Waals surface area contributed by atoms with E-state index < -0.39 is 0 Å². The predicted octanol–water partition coefficient (Wildman–Crippen LogP) is 1.83. The van der Waals surface area contributed by atoms with Crippen molar-refractivity contribution in [2.75, 3.05) is 39.6 Å². The first-order chi connectivity index (χ1) is 11.7. The van der Waals surface area contributed by atoms with E-state index in [1.54, 1.807) is 0 Å². The van der Waals surface area contributed by atoms with Crippen LogP contribution in [0.5, 0.6) is 5.75 Å². The van der Waals surface area contributed by atoms with E-state index in [9.17, 15) is 4.79 Å². The number of carbonyl (C=O) groups excluding carboxylic acids is 1. The van der Waals surface area contributed by atoms with Crippen LogP contribution in [-0.4, -0.2) is 51.5 Å². The van der Waals surface area contributed by atoms with Crippen molar-refractivity contribution in [2.45, 2.75) is 32.9 Å². The molecular weight excluding hydrogens is 344 g/mol. The highest BCUT2D eigenvalue weighted by Gasteiger charge is 2.17. The van der Waals surface area contributed by atoms with Crippen LogP contribution >= 0.6 is 12.4 Å². The molecule has 2 N–H and O–H groups in total. The fourth-order valence-electron chi connectivity index (χ4n) is 2.54. The summed E-state index contributed by atoms with van der Waals surface area (Å²) in [6.45, 7) is 8.27. The number of aryl methyl sites for hydroxylation is 1. The van der Waals surface area contributed by atoms with Crippen molar-refractivity contribution in [1.29, 1.82) is 0 Å². The van der Waals surface area contributed by atoms with E-state index in [-0.39, 0.29) is 24.4 Å². The Kier molecular flexibility index (Phi) is 10.5. The van der Waals surface area contributed by atoms with Gasteiger partial charge in [-0.05, 0) is 25.5 Å². The second-order valence-electron chi connectivity index (χ2n) is 5.86. The molecule has 0 spiro atoms. The molecule has 1 atom stereocenters. The molecule has 1 aliphatic rings. The van der Waals surface area contributed by atoms with Gasteiger partial charge in [0.05, 0.1) is 19.8 Å². The highest BCUT2D eigenvalue weighted by molar-refractivity contribution is 5.85. The smallest absolute Gasteiger partial charge is 0.221 e. The van der Waals surface area contributed by atoms with Crippen LogP contribution in [0.15, 0.2) is 18.2 Å². The lowest BCUT2D eigenvalue weighted by Crippen LogP contribution is -2.44. The molecule has 2 rings (SSSR count). The van der Waals surface area contributed by atoms with Gasteiger partial charge in [0.1, 0.15) is 12.4 Å². The Morgan fingerprint density at radius 2 is 2.24 bits per heavy atom. The van der Waals surface area contributed by atoms with E-state index in [1.165, 1.54) is 0 Å². The molecule has 1 unspecified atom stereocenters. The summed E-state index contributed by atoms with van der Waals surface area (Å²) in [7, 11) is 0. The number of morpholine rings is 1. The predicted molar refractivity (Wildman–Crippen MR) is 99.5 cm³/mol. The zero-order valence-corrected chi connectivity index (χ0v) is 15.8. The van der Waals surface area contributed by atoms with Crippen LogP contribution in [-0.2, 0) is 20.8 Å². The minimum atomic E-state index is 0. The molecule has 25 heavy (non-hydrogen) atoms. The third kappa shape index (κ3) is 8.05. The lowest BCUT2D eigenvalue weighted by Gasteiger charge is -2.23. The first kappa shape index (κ1) is 21.7. The van der Waals surface area contributed by atoms with Crippen molar-refractivity contribution in [3.63, 3.8) is 0 Å². The Balaban J connectivity index is 0.00000312. The van der Waals surface area contributed by atoms with Gasteiger partial charge in [-0.2, -0.15) is 0 Å². The number of ether oxygens (including phenoxy) is 3. The molecule has 142 valence electrons. The van der Waals surface area contributed by atoms with Crippen molar-refractivity contribution < 1.29 is 19.0 Å². The number of nitrogens with one attached hydrogen (secondary N) is 2. The van der Waals surface area contributed by atoms with Crippen LogP contribution in [0.1, 0.15) is 24.5 Å². The third-order valence-electron chi connectivity index (χ3n) is 3.82. The maximum Gasteiger partial charge on any atom is 0.221 e. The second kappa shape index (κ2) is 12.1. The van der Waals surface area contributed by atoms with E-state index >= 15 is 0 Å². The topological polar surface area (TPSA) is 68.8 Å². The number of rotatable bonds is 9. The SMILES string of the molecule is CCOCCOc1cc(C)ccc1CNC(=O)CC1COCCN1.Cl. The molecule has 0 bridgehead atoms. The van der Waals surface area contributed by atoms with Gasteiger partial charge in [-0.3, -0.25) is 4.79 Å². The lowest BCUT2D eigenvalue weighted by atomic mass is 10.1. The molecular formula is C18H29ClN2O4. The number of carbonyl (C=O) groups is 1. The molecule has 1 aromatic rings. The summed E-state index contributed by atoms with van der Waals surface area (Å²) >= 11 is 0. The van der Waals surface area contributed by atoms with Crippen LogP contribution in [0.3, 0.4) is 0 Å². The summed E-state index contributed by atoms with van der Waals surface area (Å²) in [5, 5.41) is 6.24. The third-order valence-corrected chi connectivity index (χ3v) is 3.82. The second-order valence-corrected chi connectivity index (χ2v) is 5.86. The van der Waals surface area contributed by atoms with Crippen LogP contribution in [0.2, 0.25) is 0 Å². The molecule has 6 nitrogen and oxygen atoms in total. The Morgan fingerprint density at radius 3 is 2.96 bits per heavy atom. The summed E-state index contributed by atoms with van der Waals surface area (Å²) in [5.41, 5.74) is 2.10. The Bertz CT molecular complexity index is 522. The first-order valence-corrected chi connectivity index (χ1v) is 8.57. The lowest BCUT2D eigenvalue weighted by molar-refractivity contribution is -0.122. The minimum absolute atomic E-state index is 0. The number of hydrogen-bond donors (Lipinski definition) is 2. The molecule has 0 radical (unpaired) electrons. The molecule has 1 fully saturated rings. The summed E-state index contributed by atoms with van der Waals surface area (Å²) in [6.07, 6.45) is 0.423.